The molecule has 2 N–H and O–H groups in total. The van der Waals surface area contributed by atoms with Crippen molar-refractivity contribution in [2.75, 3.05) is 13.1 Å². The van der Waals surface area contributed by atoms with Gasteiger partial charge in [0.1, 0.15) is 5.54 Å². The first-order valence-corrected chi connectivity index (χ1v) is 10.1. The van der Waals surface area contributed by atoms with Gasteiger partial charge in [0.2, 0.25) is 5.91 Å². The number of nitrogens with zero attached hydrogens (tertiary/aromatic N) is 2. The molecule has 2 aliphatic heterocycles. The fraction of sp³-hybridized carbons (Fsp3) is 0.391. The third-order valence-corrected chi connectivity index (χ3v) is 6.06. The van der Waals surface area contributed by atoms with Gasteiger partial charge in [-0.05, 0) is 48.9 Å². The highest BCUT2D eigenvalue weighted by atomic mass is 16.2. The summed E-state index contributed by atoms with van der Waals surface area (Å²) in [6.45, 7) is 2.39. The van der Waals surface area contributed by atoms with Gasteiger partial charge in [-0.1, -0.05) is 42.5 Å². The Bertz CT molecular complexity index is 867. The maximum absolute atomic E-state index is 13.5. The first-order valence-electron chi connectivity index (χ1n) is 10.1. The lowest BCUT2D eigenvalue weighted by molar-refractivity contribution is -0.146. The Hall–Kier alpha value is -2.66. The van der Waals surface area contributed by atoms with E-state index >= 15 is 0 Å². The molecule has 2 fully saturated rings. The van der Waals surface area contributed by atoms with E-state index in [2.05, 4.69) is 0 Å². The van der Waals surface area contributed by atoms with Crippen LogP contribution in [0, 0.1) is 0 Å². The molecule has 2 aromatic rings. The standard InChI is InChI=1S/C23H27N3O2/c24-16-19-9-4-10-20(15-19)21(27)26-14-6-12-23(26)11-5-13-25(22(23)28)17-18-7-2-1-3-8-18/h1-4,7-10,15H,5-6,11-14,16-17,24H2. The quantitative estimate of drug-likeness (QED) is 0.891. The Labute approximate surface area is 166 Å². The minimum Gasteiger partial charge on any atom is -0.336 e. The van der Waals surface area contributed by atoms with Gasteiger partial charge in [-0.15, -0.1) is 0 Å². The first kappa shape index (κ1) is 18.7. The van der Waals surface area contributed by atoms with Gasteiger partial charge in [-0.2, -0.15) is 0 Å². The third-order valence-electron chi connectivity index (χ3n) is 6.06. The van der Waals surface area contributed by atoms with Crippen molar-refractivity contribution >= 4 is 11.8 Å². The van der Waals surface area contributed by atoms with Crippen molar-refractivity contribution in [3.8, 4) is 0 Å². The molecular formula is C23H27N3O2. The Balaban J connectivity index is 1.59. The maximum Gasteiger partial charge on any atom is 0.254 e. The van der Waals surface area contributed by atoms with E-state index in [0.29, 0.717) is 25.2 Å². The molecule has 1 atom stereocenters. The molecule has 28 heavy (non-hydrogen) atoms. The van der Waals surface area contributed by atoms with Crippen LogP contribution in [0.25, 0.3) is 0 Å². The van der Waals surface area contributed by atoms with E-state index in [1.54, 1.807) is 0 Å². The zero-order valence-corrected chi connectivity index (χ0v) is 16.1. The summed E-state index contributed by atoms with van der Waals surface area (Å²) in [5.41, 5.74) is 7.72. The van der Waals surface area contributed by atoms with Gasteiger partial charge in [-0.25, -0.2) is 0 Å². The predicted molar refractivity (Wildman–Crippen MR) is 108 cm³/mol. The zero-order valence-electron chi connectivity index (χ0n) is 16.1. The van der Waals surface area contributed by atoms with Crippen molar-refractivity contribution in [2.45, 2.75) is 44.3 Å². The third kappa shape index (κ3) is 3.31. The Kier molecular flexibility index (Phi) is 5.18. The number of carbonyl (C=O) groups is 2. The number of benzene rings is 2. The monoisotopic (exact) mass is 377 g/mol. The number of nitrogens with two attached hydrogens (primary N) is 1. The van der Waals surface area contributed by atoms with Crippen molar-refractivity contribution in [2.24, 2.45) is 5.73 Å². The van der Waals surface area contributed by atoms with Gasteiger partial charge < -0.3 is 15.5 Å². The average molecular weight is 377 g/mol. The van der Waals surface area contributed by atoms with Crippen molar-refractivity contribution in [1.29, 1.82) is 0 Å². The van der Waals surface area contributed by atoms with Crippen LogP contribution in [0.15, 0.2) is 54.6 Å². The highest BCUT2D eigenvalue weighted by Gasteiger charge is 2.52. The molecule has 0 saturated carbocycles. The number of carbonyl (C=O) groups excluding carboxylic acids is 2. The zero-order chi connectivity index (χ0) is 19.6. The van der Waals surface area contributed by atoms with Gasteiger partial charge in [0, 0.05) is 31.7 Å². The second kappa shape index (κ2) is 7.76. The molecule has 4 rings (SSSR count). The van der Waals surface area contributed by atoms with Crippen LogP contribution in [0.2, 0.25) is 0 Å². The number of piperidine rings is 1. The number of hydrogen-bond donors (Lipinski definition) is 1. The van der Waals surface area contributed by atoms with E-state index in [9.17, 15) is 9.59 Å². The van der Waals surface area contributed by atoms with Crippen LogP contribution in [0.1, 0.15) is 47.2 Å². The molecule has 2 saturated heterocycles. The maximum atomic E-state index is 13.5. The first-order chi connectivity index (χ1) is 13.6. The molecule has 2 aliphatic rings. The van der Waals surface area contributed by atoms with Crippen LogP contribution in [-0.4, -0.2) is 40.2 Å². The van der Waals surface area contributed by atoms with E-state index in [1.807, 2.05) is 64.4 Å². The highest BCUT2D eigenvalue weighted by Crippen LogP contribution is 2.39. The van der Waals surface area contributed by atoms with E-state index in [-0.39, 0.29) is 11.8 Å². The molecule has 2 aromatic carbocycles. The molecule has 0 aliphatic carbocycles. The number of amides is 2. The summed E-state index contributed by atoms with van der Waals surface area (Å²) >= 11 is 0. The molecule has 5 heteroatoms. The lowest BCUT2D eigenvalue weighted by atomic mass is 9.84. The second-order valence-electron chi connectivity index (χ2n) is 7.81. The van der Waals surface area contributed by atoms with Crippen LogP contribution in [0.3, 0.4) is 0 Å². The van der Waals surface area contributed by atoms with Gasteiger partial charge in [-0.3, -0.25) is 9.59 Å². The Morgan fingerprint density at radius 3 is 2.43 bits per heavy atom. The molecule has 0 radical (unpaired) electrons. The summed E-state index contributed by atoms with van der Waals surface area (Å²) in [6, 6.07) is 17.5. The minimum absolute atomic E-state index is 0.0530. The van der Waals surface area contributed by atoms with Gasteiger partial charge in [0.05, 0.1) is 0 Å². The van der Waals surface area contributed by atoms with Crippen LogP contribution in [-0.2, 0) is 17.9 Å². The van der Waals surface area contributed by atoms with Gasteiger partial charge in [0.25, 0.3) is 5.91 Å². The molecule has 2 amide bonds. The summed E-state index contributed by atoms with van der Waals surface area (Å²) in [4.78, 5) is 30.6. The Morgan fingerprint density at radius 1 is 0.964 bits per heavy atom. The summed E-state index contributed by atoms with van der Waals surface area (Å²) < 4.78 is 0. The number of rotatable bonds is 4. The van der Waals surface area contributed by atoms with E-state index in [1.165, 1.54) is 0 Å². The molecular weight excluding hydrogens is 350 g/mol. The van der Waals surface area contributed by atoms with Crippen molar-refractivity contribution in [3.05, 3.63) is 71.3 Å². The van der Waals surface area contributed by atoms with E-state index in [4.69, 9.17) is 5.73 Å². The predicted octanol–water partition coefficient (Wildman–Crippen LogP) is 2.94. The normalized spacial score (nSPS) is 22.1. The topological polar surface area (TPSA) is 66.6 Å². The molecule has 0 bridgehead atoms. The van der Waals surface area contributed by atoms with Crippen LogP contribution < -0.4 is 5.73 Å². The summed E-state index contributed by atoms with van der Waals surface area (Å²) in [5.74, 6) is 0.0474. The van der Waals surface area contributed by atoms with E-state index in [0.717, 1.165) is 43.4 Å². The average Bonchev–Trinajstić information content (AvgIpc) is 3.16. The fourth-order valence-corrected chi connectivity index (χ4v) is 4.66. The van der Waals surface area contributed by atoms with E-state index < -0.39 is 5.54 Å². The minimum atomic E-state index is -0.692. The van der Waals surface area contributed by atoms with Crippen molar-refractivity contribution < 1.29 is 9.59 Å². The summed E-state index contributed by atoms with van der Waals surface area (Å²) in [6.07, 6.45) is 3.29. The molecule has 1 unspecified atom stereocenters. The van der Waals surface area contributed by atoms with Gasteiger partial charge in [0.15, 0.2) is 0 Å². The fourth-order valence-electron chi connectivity index (χ4n) is 4.66. The molecule has 146 valence electrons. The number of hydrogen-bond acceptors (Lipinski definition) is 3. The Morgan fingerprint density at radius 2 is 1.68 bits per heavy atom. The van der Waals surface area contributed by atoms with Crippen LogP contribution in [0.5, 0.6) is 0 Å². The highest BCUT2D eigenvalue weighted by molar-refractivity contribution is 6.00. The smallest absolute Gasteiger partial charge is 0.254 e. The lowest BCUT2D eigenvalue weighted by Gasteiger charge is -2.44. The SMILES string of the molecule is NCc1cccc(C(=O)N2CCCC23CCCN(Cc2ccccc2)C3=O)c1. The van der Waals surface area contributed by atoms with Crippen LogP contribution >= 0.6 is 0 Å². The van der Waals surface area contributed by atoms with Crippen molar-refractivity contribution in [1.82, 2.24) is 9.80 Å². The van der Waals surface area contributed by atoms with Crippen molar-refractivity contribution in [3.63, 3.8) is 0 Å². The largest absolute Gasteiger partial charge is 0.336 e. The lowest BCUT2D eigenvalue weighted by Crippen LogP contribution is -2.61. The van der Waals surface area contributed by atoms with Crippen LogP contribution in [0.4, 0.5) is 0 Å². The molecule has 1 spiro atoms. The summed E-state index contributed by atoms with van der Waals surface area (Å²) in [5, 5.41) is 0. The molecule has 0 aromatic heterocycles. The summed E-state index contributed by atoms with van der Waals surface area (Å²) in [7, 11) is 0. The second-order valence-corrected chi connectivity index (χ2v) is 7.81. The van der Waals surface area contributed by atoms with Gasteiger partial charge >= 0.3 is 0 Å². The molecule has 5 nitrogen and oxygen atoms in total. The number of likely N-dealkylation sites (tertiary alicyclic amines) is 2. The molecule has 2 heterocycles.